The van der Waals surface area contributed by atoms with Gasteiger partial charge in [-0.25, -0.2) is 4.98 Å². The van der Waals surface area contributed by atoms with Crippen LogP contribution in [0.3, 0.4) is 0 Å². The molecule has 1 unspecified atom stereocenters. The maximum atomic E-state index is 13.1. The molecule has 2 amide bonds. The smallest absolute Gasteiger partial charge is 0.262 e. The molecule has 0 radical (unpaired) electrons. The highest BCUT2D eigenvalue weighted by Gasteiger charge is 2.21. The fourth-order valence-corrected chi connectivity index (χ4v) is 4.94. The molecule has 1 atom stereocenters. The number of fused-ring (bicyclic) bond motifs is 1. The number of anilines is 2. The van der Waals surface area contributed by atoms with Gasteiger partial charge in [0.1, 0.15) is 11.2 Å². The number of aromatic amines is 1. The Morgan fingerprint density at radius 1 is 1.10 bits per heavy atom. The zero-order valence-corrected chi connectivity index (χ0v) is 23.0. The van der Waals surface area contributed by atoms with Gasteiger partial charge in [-0.1, -0.05) is 41.9 Å². The summed E-state index contributed by atoms with van der Waals surface area (Å²) in [5.41, 5.74) is 12.7. The normalized spacial score (nSPS) is 14.6. The summed E-state index contributed by atoms with van der Waals surface area (Å²) in [6.07, 6.45) is 3.80. The molecule has 5 rings (SSSR count). The van der Waals surface area contributed by atoms with Crippen LogP contribution in [0.15, 0.2) is 65.6 Å². The number of nitrogens with one attached hydrogen (secondary N) is 3. The van der Waals surface area contributed by atoms with Crippen LogP contribution in [-0.2, 0) is 0 Å². The number of amides is 2. The van der Waals surface area contributed by atoms with Gasteiger partial charge in [0.05, 0.1) is 16.8 Å². The molecule has 41 heavy (non-hydrogen) atoms. The predicted molar refractivity (Wildman–Crippen MR) is 159 cm³/mol. The Bertz CT molecular complexity index is 1620. The van der Waals surface area contributed by atoms with E-state index in [-0.39, 0.29) is 39.8 Å². The van der Waals surface area contributed by atoms with E-state index in [2.05, 4.69) is 25.6 Å². The molecule has 0 bridgehead atoms. The van der Waals surface area contributed by atoms with E-state index in [9.17, 15) is 14.4 Å². The number of carbonyl (C=O) groups excluding carboxylic acids is 2. The van der Waals surface area contributed by atoms with Gasteiger partial charge in [0, 0.05) is 36.3 Å². The van der Waals surface area contributed by atoms with Crippen molar-refractivity contribution in [3.63, 3.8) is 0 Å². The van der Waals surface area contributed by atoms with Crippen LogP contribution in [0, 0.1) is 0 Å². The Labute approximate surface area is 241 Å². The molecule has 12 heteroatoms. The molecule has 0 saturated carbocycles. The van der Waals surface area contributed by atoms with Crippen LogP contribution in [0.5, 0.6) is 0 Å². The SMILES string of the molecule is NCCC(NC(=O)c1ccc(Cl)c(NC(=O)c2cc3cnc(N4CCC(N)CC4)nc3[nH]c2=O)c1)c1ccccc1. The Hall–Kier alpha value is -4.32. The van der Waals surface area contributed by atoms with Crippen molar-refractivity contribution < 1.29 is 9.59 Å². The van der Waals surface area contributed by atoms with Gasteiger partial charge in [-0.05, 0) is 55.6 Å². The highest BCUT2D eigenvalue weighted by molar-refractivity contribution is 6.34. The summed E-state index contributed by atoms with van der Waals surface area (Å²) in [5, 5.41) is 6.35. The summed E-state index contributed by atoms with van der Waals surface area (Å²) in [4.78, 5) is 52.7. The first-order valence-corrected chi connectivity index (χ1v) is 13.8. The molecule has 1 aliphatic heterocycles. The quantitative estimate of drug-likeness (QED) is 0.214. The number of carbonyl (C=O) groups is 2. The van der Waals surface area contributed by atoms with Crippen molar-refractivity contribution in [3.05, 3.63) is 92.9 Å². The van der Waals surface area contributed by atoms with Gasteiger partial charge in [0.25, 0.3) is 17.4 Å². The van der Waals surface area contributed by atoms with E-state index >= 15 is 0 Å². The fourth-order valence-electron chi connectivity index (χ4n) is 4.77. The number of nitrogens with zero attached hydrogens (tertiary/aromatic N) is 3. The van der Waals surface area contributed by atoms with Gasteiger partial charge in [-0.3, -0.25) is 14.4 Å². The summed E-state index contributed by atoms with van der Waals surface area (Å²) < 4.78 is 0. The molecular formula is C29H31ClN8O3. The van der Waals surface area contributed by atoms with Gasteiger partial charge in [0.15, 0.2) is 0 Å². The topological polar surface area (TPSA) is 172 Å². The van der Waals surface area contributed by atoms with Gasteiger partial charge in [-0.15, -0.1) is 0 Å². The number of aromatic nitrogens is 3. The molecular weight excluding hydrogens is 544 g/mol. The summed E-state index contributed by atoms with van der Waals surface area (Å²) in [7, 11) is 0. The number of halogens is 1. The summed E-state index contributed by atoms with van der Waals surface area (Å²) in [6, 6.07) is 15.4. The predicted octanol–water partition coefficient (Wildman–Crippen LogP) is 2.97. The second-order valence-electron chi connectivity index (χ2n) is 9.97. The number of nitrogens with two attached hydrogens (primary N) is 2. The molecule has 1 saturated heterocycles. The standard InChI is InChI=1S/C29H31ClN8O3/c30-22-7-6-18(26(39)34-23(8-11-31)17-4-2-1-3-5-17)15-24(22)35-27(40)21-14-19-16-33-29(37-25(19)36-28(21)41)38-12-9-20(32)10-13-38/h1-7,14-16,20,23H,8-13,31-32H2,(H,34,39)(H,35,40)(H,33,36,37,41). The van der Waals surface area contributed by atoms with Crippen LogP contribution in [0.2, 0.25) is 5.02 Å². The monoisotopic (exact) mass is 574 g/mol. The molecule has 2 aromatic heterocycles. The summed E-state index contributed by atoms with van der Waals surface area (Å²) >= 11 is 6.34. The zero-order chi connectivity index (χ0) is 28.9. The molecule has 0 aliphatic carbocycles. The molecule has 7 N–H and O–H groups in total. The Morgan fingerprint density at radius 3 is 2.59 bits per heavy atom. The van der Waals surface area contributed by atoms with E-state index in [0.29, 0.717) is 29.9 Å². The number of hydrogen-bond acceptors (Lipinski definition) is 8. The van der Waals surface area contributed by atoms with Crippen molar-refractivity contribution in [2.45, 2.75) is 31.3 Å². The molecule has 11 nitrogen and oxygen atoms in total. The van der Waals surface area contributed by atoms with E-state index in [0.717, 1.165) is 31.5 Å². The number of pyridine rings is 1. The van der Waals surface area contributed by atoms with Gasteiger partial charge in [0.2, 0.25) is 5.95 Å². The van der Waals surface area contributed by atoms with E-state index in [1.54, 1.807) is 12.3 Å². The third-order valence-corrected chi connectivity index (χ3v) is 7.42. The summed E-state index contributed by atoms with van der Waals surface area (Å²) in [5.74, 6) is -0.543. The highest BCUT2D eigenvalue weighted by atomic mass is 35.5. The van der Waals surface area contributed by atoms with Crippen LogP contribution in [-0.4, -0.2) is 52.4 Å². The average molecular weight is 575 g/mol. The second kappa shape index (κ2) is 12.5. The minimum atomic E-state index is -0.688. The number of benzene rings is 2. The minimum Gasteiger partial charge on any atom is -0.345 e. The van der Waals surface area contributed by atoms with Crippen molar-refractivity contribution >= 4 is 46.1 Å². The third kappa shape index (κ3) is 6.54. The lowest BCUT2D eigenvalue weighted by molar-refractivity contribution is 0.0934. The first kappa shape index (κ1) is 28.2. The van der Waals surface area contributed by atoms with Crippen molar-refractivity contribution in [3.8, 4) is 0 Å². The van der Waals surface area contributed by atoms with Crippen LogP contribution in [0.4, 0.5) is 11.6 Å². The van der Waals surface area contributed by atoms with E-state index < -0.39 is 11.5 Å². The second-order valence-corrected chi connectivity index (χ2v) is 10.4. The van der Waals surface area contributed by atoms with E-state index in [1.807, 2.05) is 35.2 Å². The Morgan fingerprint density at radius 2 is 1.85 bits per heavy atom. The van der Waals surface area contributed by atoms with Crippen LogP contribution < -0.4 is 32.6 Å². The lowest BCUT2D eigenvalue weighted by Gasteiger charge is -2.30. The van der Waals surface area contributed by atoms with Gasteiger partial charge in [-0.2, -0.15) is 4.98 Å². The molecule has 4 aromatic rings. The summed E-state index contributed by atoms with van der Waals surface area (Å²) in [6.45, 7) is 1.85. The lowest BCUT2D eigenvalue weighted by Crippen LogP contribution is -2.40. The van der Waals surface area contributed by atoms with Gasteiger partial charge < -0.3 is 32.0 Å². The molecule has 0 spiro atoms. The lowest BCUT2D eigenvalue weighted by atomic mass is 10.0. The van der Waals surface area contributed by atoms with Crippen molar-refractivity contribution in [2.24, 2.45) is 11.5 Å². The molecule has 1 aliphatic rings. The van der Waals surface area contributed by atoms with Crippen LogP contribution in [0.25, 0.3) is 11.0 Å². The number of hydrogen-bond donors (Lipinski definition) is 5. The van der Waals surface area contributed by atoms with Crippen molar-refractivity contribution in [1.82, 2.24) is 20.3 Å². The van der Waals surface area contributed by atoms with Crippen molar-refractivity contribution in [2.75, 3.05) is 29.9 Å². The zero-order valence-electron chi connectivity index (χ0n) is 22.3. The van der Waals surface area contributed by atoms with Crippen molar-refractivity contribution in [1.29, 1.82) is 0 Å². The number of piperidine rings is 1. The average Bonchev–Trinajstić information content (AvgIpc) is 2.98. The molecule has 2 aromatic carbocycles. The fraction of sp³-hybridized carbons (Fsp3) is 0.276. The number of H-pyrrole nitrogens is 1. The minimum absolute atomic E-state index is 0.143. The molecule has 3 heterocycles. The van der Waals surface area contributed by atoms with Crippen LogP contribution in [0.1, 0.15) is 51.6 Å². The maximum Gasteiger partial charge on any atom is 0.262 e. The molecule has 1 fully saturated rings. The maximum absolute atomic E-state index is 13.1. The number of rotatable bonds is 8. The highest BCUT2D eigenvalue weighted by Crippen LogP contribution is 2.25. The van der Waals surface area contributed by atoms with Gasteiger partial charge >= 0.3 is 0 Å². The van der Waals surface area contributed by atoms with Crippen LogP contribution >= 0.6 is 11.6 Å². The van der Waals surface area contributed by atoms with E-state index in [1.165, 1.54) is 18.2 Å². The largest absolute Gasteiger partial charge is 0.345 e. The third-order valence-electron chi connectivity index (χ3n) is 7.09. The Balaban J connectivity index is 1.33. The first-order chi connectivity index (χ1) is 19.8. The molecule has 212 valence electrons. The first-order valence-electron chi connectivity index (χ1n) is 13.4. The Kier molecular flexibility index (Phi) is 8.58. The van der Waals surface area contributed by atoms with E-state index in [4.69, 9.17) is 23.1 Å².